The van der Waals surface area contributed by atoms with Gasteiger partial charge in [-0.1, -0.05) is 6.07 Å². The predicted molar refractivity (Wildman–Crippen MR) is 82.4 cm³/mol. The van der Waals surface area contributed by atoms with Crippen molar-refractivity contribution < 1.29 is 9.21 Å². The van der Waals surface area contributed by atoms with Crippen molar-refractivity contribution >= 4 is 23.0 Å². The molecule has 1 saturated carbocycles. The van der Waals surface area contributed by atoms with Crippen LogP contribution in [0.5, 0.6) is 0 Å². The molecular formula is C15H15N5O3. The Morgan fingerprint density at radius 1 is 1.35 bits per heavy atom. The number of rotatable bonds is 3. The van der Waals surface area contributed by atoms with Crippen molar-refractivity contribution in [2.45, 2.75) is 25.8 Å². The second-order valence-corrected chi connectivity index (χ2v) is 5.71. The molecule has 0 unspecified atom stereocenters. The number of carbonyl (C=O) groups excluding carboxylic acids is 1. The first-order valence-corrected chi connectivity index (χ1v) is 7.37. The number of hydrogen-bond donors (Lipinski definition) is 1. The van der Waals surface area contributed by atoms with E-state index in [2.05, 4.69) is 15.5 Å². The molecule has 0 atom stereocenters. The van der Waals surface area contributed by atoms with Gasteiger partial charge in [-0.25, -0.2) is 4.79 Å². The highest BCUT2D eigenvalue weighted by molar-refractivity contribution is 6.10. The minimum absolute atomic E-state index is 0.270. The Labute approximate surface area is 130 Å². The van der Waals surface area contributed by atoms with Crippen molar-refractivity contribution in [1.82, 2.24) is 19.3 Å². The van der Waals surface area contributed by atoms with Gasteiger partial charge in [-0.2, -0.15) is 0 Å². The van der Waals surface area contributed by atoms with Crippen molar-refractivity contribution in [3.63, 3.8) is 0 Å². The van der Waals surface area contributed by atoms with Crippen LogP contribution >= 0.6 is 0 Å². The van der Waals surface area contributed by atoms with Crippen LogP contribution in [0.15, 0.2) is 27.4 Å². The van der Waals surface area contributed by atoms with Crippen LogP contribution in [-0.4, -0.2) is 25.2 Å². The Kier molecular flexibility index (Phi) is 2.87. The lowest BCUT2D eigenvalue weighted by molar-refractivity contribution is 0.102. The molecule has 118 valence electrons. The molecule has 1 aliphatic rings. The van der Waals surface area contributed by atoms with Crippen molar-refractivity contribution in [3.8, 4) is 0 Å². The number of amides is 1. The minimum atomic E-state index is -0.503. The maximum atomic E-state index is 12.6. The number of oxazole rings is 1. The standard InChI is InChI=1S/C15H15N5O3/c1-8-17-18-14(20(8)9-6-7-9)16-13(21)10-4-3-5-11-12(10)23-15(22)19(11)2/h3-5,9H,6-7H2,1-2H3,(H,16,18,21). The molecule has 4 rings (SSSR count). The van der Waals surface area contributed by atoms with Gasteiger partial charge in [0.25, 0.3) is 5.91 Å². The number of nitrogens with one attached hydrogen (secondary N) is 1. The molecule has 1 amide bonds. The summed E-state index contributed by atoms with van der Waals surface area (Å²) in [4.78, 5) is 24.3. The minimum Gasteiger partial charge on any atom is -0.407 e. The average Bonchev–Trinajstić information content (AvgIpc) is 3.24. The zero-order valence-corrected chi connectivity index (χ0v) is 12.7. The Hall–Kier alpha value is -2.90. The number of aryl methyl sites for hydroxylation is 2. The normalized spacial score (nSPS) is 14.3. The lowest BCUT2D eigenvalue weighted by atomic mass is 10.2. The number of anilines is 1. The van der Waals surface area contributed by atoms with E-state index in [1.807, 2.05) is 11.5 Å². The smallest absolute Gasteiger partial charge is 0.407 e. The van der Waals surface area contributed by atoms with E-state index in [1.54, 1.807) is 25.2 Å². The molecule has 0 aliphatic heterocycles. The van der Waals surface area contributed by atoms with E-state index in [-0.39, 0.29) is 11.5 Å². The van der Waals surface area contributed by atoms with Crippen LogP contribution < -0.4 is 11.1 Å². The van der Waals surface area contributed by atoms with Crippen molar-refractivity contribution in [2.75, 3.05) is 5.32 Å². The number of nitrogens with zero attached hydrogens (tertiary/aromatic N) is 4. The van der Waals surface area contributed by atoms with Crippen LogP contribution in [0.25, 0.3) is 11.1 Å². The van der Waals surface area contributed by atoms with Crippen molar-refractivity contribution in [3.05, 3.63) is 40.1 Å². The van der Waals surface area contributed by atoms with E-state index >= 15 is 0 Å². The lowest BCUT2D eigenvalue weighted by Crippen LogP contribution is -2.16. The highest BCUT2D eigenvalue weighted by Gasteiger charge is 2.29. The van der Waals surface area contributed by atoms with E-state index in [9.17, 15) is 9.59 Å². The van der Waals surface area contributed by atoms with Crippen LogP contribution in [0.3, 0.4) is 0 Å². The van der Waals surface area contributed by atoms with Gasteiger partial charge >= 0.3 is 5.76 Å². The third-order valence-electron chi connectivity index (χ3n) is 4.07. The highest BCUT2D eigenvalue weighted by Crippen LogP contribution is 2.37. The van der Waals surface area contributed by atoms with Gasteiger partial charge in [0.1, 0.15) is 5.82 Å². The first-order valence-electron chi connectivity index (χ1n) is 7.37. The number of para-hydroxylation sites is 1. The van der Waals surface area contributed by atoms with Gasteiger partial charge in [0, 0.05) is 13.1 Å². The lowest BCUT2D eigenvalue weighted by Gasteiger charge is -2.08. The van der Waals surface area contributed by atoms with Gasteiger partial charge in [-0.05, 0) is 31.9 Å². The molecule has 1 fully saturated rings. The third-order valence-corrected chi connectivity index (χ3v) is 4.07. The van der Waals surface area contributed by atoms with Crippen molar-refractivity contribution in [2.24, 2.45) is 7.05 Å². The molecule has 0 spiro atoms. The predicted octanol–water partition coefficient (Wildman–Crippen LogP) is 1.62. The number of fused-ring (bicyclic) bond motifs is 1. The number of aromatic nitrogens is 4. The third kappa shape index (κ3) is 2.14. The summed E-state index contributed by atoms with van der Waals surface area (Å²) < 4.78 is 8.48. The second-order valence-electron chi connectivity index (χ2n) is 5.71. The molecule has 0 radical (unpaired) electrons. The fraction of sp³-hybridized carbons (Fsp3) is 0.333. The van der Waals surface area contributed by atoms with E-state index in [0.29, 0.717) is 23.1 Å². The first kappa shape index (κ1) is 13.7. The summed E-state index contributed by atoms with van der Waals surface area (Å²) in [7, 11) is 1.60. The molecule has 2 heterocycles. The Morgan fingerprint density at radius 2 is 2.13 bits per heavy atom. The van der Waals surface area contributed by atoms with Crippen LogP contribution in [0.1, 0.15) is 35.1 Å². The van der Waals surface area contributed by atoms with Gasteiger partial charge in [-0.15, -0.1) is 10.2 Å². The molecule has 3 aromatic rings. The van der Waals surface area contributed by atoms with E-state index in [1.165, 1.54) is 4.57 Å². The van der Waals surface area contributed by atoms with Crippen LogP contribution in [0.4, 0.5) is 5.95 Å². The Bertz CT molecular complexity index is 977. The number of benzene rings is 1. The van der Waals surface area contributed by atoms with Crippen LogP contribution in [0.2, 0.25) is 0 Å². The molecule has 1 N–H and O–H groups in total. The SMILES string of the molecule is Cc1nnc(NC(=O)c2cccc3c2oc(=O)n3C)n1C1CC1. The maximum Gasteiger partial charge on any atom is 0.419 e. The summed E-state index contributed by atoms with van der Waals surface area (Å²) in [6.45, 7) is 1.86. The maximum absolute atomic E-state index is 12.6. The zero-order chi connectivity index (χ0) is 16.1. The number of hydrogen-bond acceptors (Lipinski definition) is 5. The molecule has 2 aromatic heterocycles. The van der Waals surface area contributed by atoms with E-state index in [4.69, 9.17) is 4.42 Å². The van der Waals surface area contributed by atoms with Crippen LogP contribution in [0, 0.1) is 6.92 Å². The monoisotopic (exact) mass is 313 g/mol. The molecular weight excluding hydrogens is 298 g/mol. The summed E-state index contributed by atoms with van der Waals surface area (Å²) >= 11 is 0. The van der Waals surface area contributed by atoms with Gasteiger partial charge in [0.15, 0.2) is 5.58 Å². The fourth-order valence-corrected chi connectivity index (χ4v) is 2.72. The number of carbonyl (C=O) groups is 1. The molecule has 8 heteroatoms. The molecule has 1 aliphatic carbocycles. The molecule has 23 heavy (non-hydrogen) atoms. The van der Waals surface area contributed by atoms with Gasteiger partial charge in [0.2, 0.25) is 5.95 Å². The second kappa shape index (κ2) is 4.80. The Morgan fingerprint density at radius 3 is 2.87 bits per heavy atom. The summed E-state index contributed by atoms with van der Waals surface area (Å²) in [5.74, 6) is 0.314. The van der Waals surface area contributed by atoms with Gasteiger partial charge in [0.05, 0.1) is 11.1 Å². The first-order chi connectivity index (χ1) is 11.1. The summed E-state index contributed by atoms with van der Waals surface area (Å²) in [5.41, 5.74) is 1.14. The van der Waals surface area contributed by atoms with E-state index in [0.717, 1.165) is 18.7 Å². The quantitative estimate of drug-likeness (QED) is 0.793. The fourth-order valence-electron chi connectivity index (χ4n) is 2.72. The van der Waals surface area contributed by atoms with E-state index < -0.39 is 5.76 Å². The van der Waals surface area contributed by atoms with Crippen LogP contribution in [-0.2, 0) is 7.05 Å². The molecule has 0 bridgehead atoms. The Balaban J connectivity index is 1.73. The summed E-state index contributed by atoms with van der Waals surface area (Å²) in [6, 6.07) is 5.41. The van der Waals surface area contributed by atoms with Gasteiger partial charge < -0.3 is 4.42 Å². The largest absolute Gasteiger partial charge is 0.419 e. The highest BCUT2D eigenvalue weighted by atomic mass is 16.4. The van der Waals surface area contributed by atoms with Crippen molar-refractivity contribution in [1.29, 1.82) is 0 Å². The zero-order valence-electron chi connectivity index (χ0n) is 12.7. The van der Waals surface area contributed by atoms with Gasteiger partial charge in [-0.3, -0.25) is 19.2 Å². The summed E-state index contributed by atoms with van der Waals surface area (Å²) in [5, 5.41) is 10.8. The molecule has 8 nitrogen and oxygen atoms in total. The topological polar surface area (TPSA) is 95.0 Å². The summed E-state index contributed by atoms with van der Waals surface area (Å²) in [6.07, 6.45) is 2.12. The average molecular weight is 313 g/mol. The molecule has 0 saturated heterocycles. The molecule has 1 aromatic carbocycles.